The van der Waals surface area contributed by atoms with Gasteiger partial charge in [-0.3, -0.25) is 0 Å². The number of benzene rings is 2. The standard InChI is InChI=1S/C16H17ClO2/c17-15-5-2-1-4-14(15)12-7-9-13(10-8-12)16(19)6-3-11-18/h1-2,4-5,7-10,16,18-19H,3,6,11H2. The maximum atomic E-state index is 9.93. The molecule has 0 saturated heterocycles. The Morgan fingerprint density at radius 1 is 1.00 bits per heavy atom. The van der Waals surface area contributed by atoms with E-state index in [1.54, 1.807) is 0 Å². The molecule has 2 N–H and O–H groups in total. The number of hydrogen-bond acceptors (Lipinski definition) is 2. The number of rotatable bonds is 5. The molecule has 0 aliphatic rings. The molecular weight excluding hydrogens is 260 g/mol. The fourth-order valence-corrected chi connectivity index (χ4v) is 2.28. The van der Waals surface area contributed by atoms with E-state index in [0.717, 1.165) is 21.7 Å². The molecule has 2 aromatic rings. The molecule has 3 heteroatoms. The van der Waals surface area contributed by atoms with Crippen LogP contribution in [0.4, 0.5) is 0 Å². The first-order valence-corrected chi connectivity index (χ1v) is 6.74. The monoisotopic (exact) mass is 276 g/mol. The van der Waals surface area contributed by atoms with Crippen LogP contribution in [0.25, 0.3) is 11.1 Å². The molecule has 2 aromatic carbocycles. The molecule has 100 valence electrons. The van der Waals surface area contributed by atoms with Gasteiger partial charge in [-0.2, -0.15) is 0 Å². The first-order valence-electron chi connectivity index (χ1n) is 6.36. The van der Waals surface area contributed by atoms with E-state index >= 15 is 0 Å². The Bertz CT molecular complexity index is 523. The van der Waals surface area contributed by atoms with E-state index in [0.29, 0.717) is 12.8 Å². The van der Waals surface area contributed by atoms with Crippen molar-refractivity contribution in [3.63, 3.8) is 0 Å². The molecule has 1 atom stereocenters. The third-order valence-electron chi connectivity index (χ3n) is 3.12. The zero-order valence-corrected chi connectivity index (χ0v) is 11.3. The summed E-state index contributed by atoms with van der Waals surface area (Å²) in [6.07, 6.45) is 0.655. The highest BCUT2D eigenvalue weighted by atomic mass is 35.5. The van der Waals surface area contributed by atoms with Crippen molar-refractivity contribution < 1.29 is 10.2 Å². The zero-order chi connectivity index (χ0) is 13.7. The second kappa shape index (κ2) is 6.71. The minimum atomic E-state index is -0.521. The number of aliphatic hydroxyl groups is 2. The lowest BCUT2D eigenvalue weighted by molar-refractivity contribution is 0.152. The zero-order valence-electron chi connectivity index (χ0n) is 10.6. The molecule has 0 bridgehead atoms. The molecule has 0 aliphatic heterocycles. The highest BCUT2D eigenvalue weighted by Crippen LogP contribution is 2.29. The molecule has 19 heavy (non-hydrogen) atoms. The topological polar surface area (TPSA) is 40.5 Å². The summed E-state index contributed by atoms with van der Waals surface area (Å²) in [6, 6.07) is 15.4. The third-order valence-corrected chi connectivity index (χ3v) is 3.45. The highest BCUT2D eigenvalue weighted by Gasteiger charge is 2.08. The SMILES string of the molecule is OCCCC(O)c1ccc(-c2ccccc2Cl)cc1. The second-order valence-corrected chi connectivity index (χ2v) is 4.89. The molecule has 2 nitrogen and oxygen atoms in total. The Morgan fingerprint density at radius 2 is 1.68 bits per heavy atom. The summed E-state index contributed by atoms with van der Waals surface area (Å²) in [5.41, 5.74) is 2.88. The van der Waals surface area contributed by atoms with Crippen LogP contribution in [0.15, 0.2) is 48.5 Å². The summed E-state index contributed by atoms with van der Waals surface area (Å²) in [4.78, 5) is 0. The number of aliphatic hydroxyl groups excluding tert-OH is 2. The van der Waals surface area contributed by atoms with Crippen LogP contribution in [0.1, 0.15) is 24.5 Å². The van der Waals surface area contributed by atoms with Gasteiger partial charge in [0.25, 0.3) is 0 Å². The summed E-state index contributed by atoms with van der Waals surface area (Å²) in [6.45, 7) is 0.106. The van der Waals surface area contributed by atoms with Gasteiger partial charge in [0.05, 0.1) is 6.10 Å². The van der Waals surface area contributed by atoms with Gasteiger partial charge in [0.15, 0.2) is 0 Å². The van der Waals surface area contributed by atoms with Gasteiger partial charge in [0.1, 0.15) is 0 Å². The van der Waals surface area contributed by atoms with E-state index in [-0.39, 0.29) is 6.61 Å². The van der Waals surface area contributed by atoms with Crippen molar-refractivity contribution in [3.8, 4) is 11.1 Å². The van der Waals surface area contributed by atoms with E-state index in [1.807, 2.05) is 48.5 Å². The van der Waals surface area contributed by atoms with Crippen molar-refractivity contribution in [2.75, 3.05) is 6.61 Å². The van der Waals surface area contributed by atoms with E-state index in [4.69, 9.17) is 16.7 Å². The Labute approximate surface area is 118 Å². The van der Waals surface area contributed by atoms with Gasteiger partial charge < -0.3 is 10.2 Å². The molecule has 0 amide bonds. The lowest BCUT2D eigenvalue weighted by atomic mass is 10.00. The molecule has 2 rings (SSSR count). The van der Waals surface area contributed by atoms with Crippen LogP contribution in [0, 0.1) is 0 Å². The van der Waals surface area contributed by atoms with Gasteiger partial charge >= 0.3 is 0 Å². The molecule has 0 radical (unpaired) electrons. The summed E-state index contributed by atoms with van der Waals surface area (Å²) in [5.74, 6) is 0. The number of halogens is 1. The third kappa shape index (κ3) is 3.57. The summed E-state index contributed by atoms with van der Waals surface area (Å²) >= 11 is 6.15. The summed E-state index contributed by atoms with van der Waals surface area (Å²) in [7, 11) is 0. The van der Waals surface area contributed by atoms with Crippen molar-refractivity contribution in [3.05, 3.63) is 59.1 Å². The summed E-state index contributed by atoms with van der Waals surface area (Å²) in [5, 5.41) is 19.4. The van der Waals surface area contributed by atoms with Crippen LogP contribution in [0.5, 0.6) is 0 Å². The fraction of sp³-hybridized carbons (Fsp3) is 0.250. The minimum absolute atomic E-state index is 0.106. The minimum Gasteiger partial charge on any atom is -0.396 e. The lowest BCUT2D eigenvalue weighted by Crippen LogP contribution is -1.98. The fourth-order valence-electron chi connectivity index (χ4n) is 2.03. The predicted octanol–water partition coefficient (Wildman–Crippen LogP) is 3.81. The molecule has 0 aromatic heterocycles. The molecule has 0 spiro atoms. The van der Waals surface area contributed by atoms with Crippen molar-refractivity contribution >= 4 is 11.6 Å². The Balaban J connectivity index is 2.17. The largest absolute Gasteiger partial charge is 0.396 e. The molecule has 0 aliphatic carbocycles. The number of hydrogen-bond donors (Lipinski definition) is 2. The van der Waals surface area contributed by atoms with Gasteiger partial charge in [-0.25, -0.2) is 0 Å². The van der Waals surface area contributed by atoms with Crippen LogP contribution < -0.4 is 0 Å². The van der Waals surface area contributed by atoms with E-state index < -0.39 is 6.10 Å². The first-order chi connectivity index (χ1) is 9.22. The molecule has 0 saturated carbocycles. The van der Waals surface area contributed by atoms with Gasteiger partial charge in [-0.1, -0.05) is 54.1 Å². The first kappa shape index (κ1) is 14.1. The molecular formula is C16H17ClO2. The lowest BCUT2D eigenvalue weighted by Gasteiger charge is -2.11. The van der Waals surface area contributed by atoms with Gasteiger partial charge in [-0.05, 0) is 30.0 Å². The smallest absolute Gasteiger partial charge is 0.0790 e. The van der Waals surface area contributed by atoms with E-state index in [1.165, 1.54) is 0 Å². The Hall–Kier alpha value is -1.35. The molecule has 0 fully saturated rings. The second-order valence-electron chi connectivity index (χ2n) is 4.48. The van der Waals surface area contributed by atoms with Crippen molar-refractivity contribution in [2.45, 2.75) is 18.9 Å². The Kier molecular flexibility index (Phi) is 4.97. The van der Waals surface area contributed by atoms with E-state index in [9.17, 15) is 5.11 Å². The highest BCUT2D eigenvalue weighted by molar-refractivity contribution is 6.33. The van der Waals surface area contributed by atoms with Gasteiger partial charge in [0, 0.05) is 17.2 Å². The van der Waals surface area contributed by atoms with Crippen LogP contribution >= 0.6 is 11.6 Å². The van der Waals surface area contributed by atoms with Gasteiger partial charge in [-0.15, -0.1) is 0 Å². The molecule has 1 unspecified atom stereocenters. The maximum absolute atomic E-state index is 9.93. The molecule has 0 heterocycles. The van der Waals surface area contributed by atoms with Crippen LogP contribution in [0.3, 0.4) is 0 Å². The van der Waals surface area contributed by atoms with Crippen LogP contribution in [0.2, 0.25) is 5.02 Å². The van der Waals surface area contributed by atoms with E-state index in [2.05, 4.69) is 0 Å². The van der Waals surface area contributed by atoms with Crippen LogP contribution in [-0.4, -0.2) is 16.8 Å². The quantitative estimate of drug-likeness (QED) is 0.872. The van der Waals surface area contributed by atoms with Crippen molar-refractivity contribution in [2.24, 2.45) is 0 Å². The van der Waals surface area contributed by atoms with Gasteiger partial charge in [0.2, 0.25) is 0 Å². The summed E-state index contributed by atoms with van der Waals surface area (Å²) < 4.78 is 0. The van der Waals surface area contributed by atoms with Crippen LogP contribution in [-0.2, 0) is 0 Å². The Morgan fingerprint density at radius 3 is 2.32 bits per heavy atom. The van der Waals surface area contributed by atoms with Crippen molar-refractivity contribution in [1.29, 1.82) is 0 Å². The maximum Gasteiger partial charge on any atom is 0.0790 e. The normalized spacial score (nSPS) is 12.4. The average molecular weight is 277 g/mol. The average Bonchev–Trinajstić information content (AvgIpc) is 2.45. The van der Waals surface area contributed by atoms with Crippen molar-refractivity contribution in [1.82, 2.24) is 0 Å². The predicted molar refractivity (Wildman–Crippen MR) is 78.2 cm³/mol.